The van der Waals surface area contributed by atoms with Crippen molar-refractivity contribution in [2.45, 2.75) is 13.3 Å². The van der Waals surface area contributed by atoms with Crippen LogP contribution in [-0.4, -0.2) is 0 Å². The smallest absolute Gasteiger partial charge is 0.0343 e. The van der Waals surface area contributed by atoms with E-state index in [4.69, 9.17) is 5.73 Å². The Kier molecular flexibility index (Phi) is 2.32. The number of aryl methyl sites for hydroxylation is 1. The van der Waals surface area contributed by atoms with Gasteiger partial charge in [-0.1, -0.05) is 18.2 Å². The van der Waals surface area contributed by atoms with Crippen molar-refractivity contribution in [2.75, 3.05) is 5.73 Å². The van der Waals surface area contributed by atoms with Gasteiger partial charge in [-0.3, -0.25) is 0 Å². The molecule has 2 N–H and O–H groups in total. The summed E-state index contributed by atoms with van der Waals surface area (Å²) in [5.41, 5.74) is 8.93. The van der Waals surface area contributed by atoms with Crippen molar-refractivity contribution in [3.63, 3.8) is 0 Å². The van der Waals surface area contributed by atoms with Gasteiger partial charge in [0.15, 0.2) is 0 Å². The molecule has 0 atom stereocenters. The summed E-state index contributed by atoms with van der Waals surface area (Å²) in [5, 5.41) is 0. The van der Waals surface area contributed by atoms with Crippen LogP contribution in [0.15, 0.2) is 30.9 Å². The summed E-state index contributed by atoms with van der Waals surface area (Å²) < 4.78 is 0. The summed E-state index contributed by atoms with van der Waals surface area (Å²) >= 11 is 0. The molecule has 0 aliphatic carbocycles. The first kappa shape index (κ1) is 7.86. The van der Waals surface area contributed by atoms with Crippen molar-refractivity contribution in [1.82, 2.24) is 0 Å². The zero-order chi connectivity index (χ0) is 8.27. The predicted molar refractivity (Wildman–Crippen MR) is 49.5 cm³/mol. The number of nitrogen functional groups attached to an aromatic ring is 1. The zero-order valence-corrected chi connectivity index (χ0v) is 6.80. The quantitative estimate of drug-likeness (QED) is 0.504. The highest BCUT2D eigenvalue weighted by Gasteiger charge is 1.93. The summed E-state index contributed by atoms with van der Waals surface area (Å²) in [4.78, 5) is 0. The van der Waals surface area contributed by atoms with Crippen LogP contribution in [0.3, 0.4) is 0 Å². The van der Waals surface area contributed by atoms with Crippen molar-refractivity contribution in [3.8, 4) is 0 Å². The van der Waals surface area contributed by atoms with Crippen LogP contribution in [0.25, 0.3) is 0 Å². The van der Waals surface area contributed by atoms with Crippen LogP contribution in [-0.2, 0) is 6.42 Å². The first-order chi connectivity index (χ1) is 5.24. The standard InChI is InChI=1S/C10H13N/c1-3-4-9-5-6-10(11)8(2)7-9/h3,5-7H,1,4,11H2,2H3. The molecular weight excluding hydrogens is 134 g/mol. The van der Waals surface area contributed by atoms with E-state index in [-0.39, 0.29) is 0 Å². The molecule has 1 heteroatoms. The second-order valence-electron chi connectivity index (χ2n) is 2.68. The van der Waals surface area contributed by atoms with Gasteiger partial charge in [0.1, 0.15) is 0 Å². The van der Waals surface area contributed by atoms with Gasteiger partial charge in [0.25, 0.3) is 0 Å². The second-order valence-corrected chi connectivity index (χ2v) is 2.68. The van der Waals surface area contributed by atoms with Crippen molar-refractivity contribution >= 4 is 5.69 Å². The maximum Gasteiger partial charge on any atom is 0.0343 e. The summed E-state index contributed by atoms with van der Waals surface area (Å²) in [5.74, 6) is 0. The number of nitrogens with two attached hydrogens (primary N) is 1. The molecule has 0 bridgehead atoms. The van der Waals surface area contributed by atoms with E-state index in [1.54, 1.807) is 0 Å². The van der Waals surface area contributed by atoms with Crippen LogP contribution < -0.4 is 5.73 Å². The molecule has 1 aromatic rings. The Hall–Kier alpha value is -1.24. The molecule has 0 amide bonds. The molecule has 0 unspecified atom stereocenters. The van der Waals surface area contributed by atoms with Gasteiger partial charge >= 0.3 is 0 Å². The second kappa shape index (κ2) is 3.24. The van der Waals surface area contributed by atoms with E-state index in [0.717, 1.165) is 17.7 Å². The van der Waals surface area contributed by atoms with E-state index >= 15 is 0 Å². The van der Waals surface area contributed by atoms with Gasteiger partial charge in [0, 0.05) is 5.69 Å². The minimum absolute atomic E-state index is 0.859. The lowest BCUT2D eigenvalue weighted by Gasteiger charge is -2.01. The Bertz CT molecular complexity index is 264. The molecule has 0 saturated heterocycles. The fourth-order valence-electron chi connectivity index (χ4n) is 1.03. The molecule has 0 aromatic heterocycles. The minimum atomic E-state index is 0.859. The Morgan fingerprint density at radius 2 is 2.27 bits per heavy atom. The van der Waals surface area contributed by atoms with Crippen molar-refractivity contribution < 1.29 is 0 Å². The molecule has 1 rings (SSSR count). The fourth-order valence-corrected chi connectivity index (χ4v) is 1.03. The Balaban J connectivity index is 2.95. The van der Waals surface area contributed by atoms with E-state index in [1.807, 2.05) is 25.1 Å². The number of hydrogen-bond acceptors (Lipinski definition) is 1. The van der Waals surface area contributed by atoms with Gasteiger partial charge < -0.3 is 5.73 Å². The van der Waals surface area contributed by atoms with Crippen LogP contribution >= 0.6 is 0 Å². The monoisotopic (exact) mass is 147 g/mol. The van der Waals surface area contributed by atoms with E-state index < -0.39 is 0 Å². The molecule has 0 saturated carbocycles. The van der Waals surface area contributed by atoms with Gasteiger partial charge in [0.2, 0.25) is 0 Å². The first-order valence-corrected chi connectivity index (χ1v) is 3.70. The lowest BCUT2D eigenvalue weighted by Crippen LogP contribution is -1.90. The van der Waals surface area contributed by atoms with Crippen molar-refractivity contribution in [2.24, 2.45) is 0 Å². The van der Waals surface area contributed by atoms with Gasteiger partial charge in [-0.2, -0.15) is 0 Å². The molecule has 58 valence electrons. The predicted octanol–water partition coefficient (Wildman–Crippen LogP) is 2.31. The highest BCUT2D eigenvalue weighted by atomic mass is 14.5. The van der Waals surface area contributed by atoms with Crippen LogP contribution in [0.2, 0.25) is 0 Å². The topological polar surface area (TPSA) is 26.0 Å². The zero-order valence-electron chi connectivity index (χ0n) is 6.80. The highest BCUT2D eigenvalue weighted by Crippen LogP contribution is 2.12. The molecule has 0 radical (unpaired) electrons. The molecular formula is C10H13N. The lowest BCUT2D eigenvalue weighted by atomic mass is 10.1. The van der Waals surface area contributed by atoms with Crippen molar-refractivity contribution in [3.05, 3.63) is 42.0 Å². The fraction of sp³-hybridized carbons (Fsp3) is 0.200. The third-order valence-corrected chi connectivity index (χ3v) is 1.71. The van der Waals surface area contributed by atoms with Gasteiger partial charge in [-0.15, -0.1) is 6.58 Å². The molecule has 11 heavy (non-hydrogen) atoms. The van der Waals surface area contributed by atoms with Crippen LogP contribution in [0.4, 0.5) is 5.69 Å². The number of allylic oxidation sites excluding steroid dienone is 1. The first-order valence-electron chi connectivity index (χ1n) is 3.70. The number of rotatable bonds is 2. The third-order valence-electron chi connectivity index (χ3n) is 1.71. The van der Waals surface area contributed by atoms with Gasteiger partial charge in [-0.25, -0.2) is 0 Å². The van der Waals surface area contributed by atoms with Crippen LogP contribution in [0.1, 0.15) is 11.1 Å². The number of benzene rings is 1. The van der Waals surface area contributed by atoms with Crippen molar-refractivity contribution in [1.29, 1.82) is 0 Å². The molecule has 0 aliphatic heterocycles. The minimum Gasteiger partial charge on any atom is -0.399 e. The Labute approximate surface area is 67.5 Å². The van der Waals surface area contributed by atoms with Crippen LogP contribution in [0.5, 0.6) is 0 Å². The van der Waals surface area contributed by atoms with Gasteiger partial charge in [-0.05, 0) is 30.5 Å². The summed E-state index contributed by atoms with van der Waals surface area (Å²) in [6.07, 6.45) is 2.81. The Morgan fingerprint density at radius 3 is 2.82 bits per heavy atom. The average molecular weight is 147 g/mol. The summed E-state index contributed by atoms with van der Waals surface area (Å²) in [7, 11) is 0. The normalized spacial score (nSPS) is 9.55. The molecule has 1 aromatic carbocycles. The largest absolute Gasteiger partial charge is 0.399 e. The summed E-state index contributed by atoms with van der Waals surface area (Å²) in [6, 6.07) is 6.06. The molecule has 0 heterocycles. The summed E-state index contributed by atoms with van der Waals surface area (Å²) in [6.45, 7) is 5.69. The van der Waals surface area contributed by atoms with E-state index in [1.165, 1.54) is 5.56 Å². The number of anilines is 1. The number of hydrogen-bond donors (Lipinski definition) is 1. The molecule has 0 fully saturated rings. The van der Waals surface area contributed by atoms with E-state index in [9.17, 15) is 0 Å². The maximum atomic E-state index is 5.66. The SMILES string of the molecule is C=CCc1ccc(N)c(C)c1. The van der Waals surface area contributed by atoms with Gasteiger partial charge in [0.05, 0.1) is 0 Å². The maximum absolute atomic E-state index is 5.66. The molecule has 0 spiro atoms. The lowest BCUT2D eigenvalue weighted by molar-refractivity contribution is 1.26. The van der Waals surface area contributed by atoms with E-state index in [0.29, 0.717) is 0 Å². The Morgan fingerprint density at radius 1 is 1.55 bits per heavy atom. The highest BCUT2D eigenvalue weighted by molar-refractivity contribution is 5.47. The molecule has 0 aliphatic rings. The third kappa shape index (κ3) is 1.84. The van der Waals surface area contributed by atoms with Crippen LogP contribution in [0, 0.1) is 6.92 Å². The molecule has 1 nitrogen and oxygen atoms in total. The average Bonchev–Trinajstić information content (AvgIpc) is 1.98. The van der Waals surface area contributed by atoms with E-state index in [2.05, 4.69) is 12.6 Å².